The van der Waals surface area contributed by atoms with E-state index in [1.165, 1.54) is 12.1 Å². The Kier molecular flexibility index (Phi) is 3.93. The van der Waals surface area contributed by atoms with Crippen LogP contribution < -0.4 is 5.32 Å². The minimum atomic E-state index is -0.313. The molecule has 1 N–H and O–H groups in total. The SMILES string of the molecule is O=C(NC1CN2CCC1CC2)c1cccc2oc(-c3ccc(F)cc3)nc12. The number of piperidine rings is 3. The summed E-state index contributed by atoms with van der Waals surface area (Å²) in [5.41, 5.74) is 2.28. The Morgan fingerprint density at radius 2 is 1.93 bits per heavy atom. The first kappa shape index (κ1) is 16.4. The van der Waals surface area contributed by atoms with Gasteiger partial charge in [-0.2, -0.15) is 0 Å². The predicted molar refractivity (Wildman–Crippen MR) is 99.8 cm³/mol. The maximum atomic E-state index is 13.2. The van der Waals surface area contributed by atoms with E-state index in [0.717, 1.165) is 32.5 Å². The largest absolute Gasteiger partial charge is 0.436 e. The monoisotopic (exact) mass is 365 g/mol. The van der Waals surface area contributed by atoms with Gasteiger partial charge in [-0.05, 0) is 68.2 Å². The summed E-state index contributed by atoms with van der Waals surface area (Å²) < 4.78 is 19.0. The molecular formula is C21H20FN3O2. The smallest absolute Gasteiger partial charge is 0.253 e. The summed E-state index contributed by atoms with van der Waals surface area (Å²) >= 11 is 0. The van der Waals surface area contributed by atoms with Crippen molar-refractivity contribution in [2.75, 3.05) is 19.6 Å². The van der Waals surface area contributed by atoms with Crippen LogP contribution in [0.3, 0.4) is 0 Å². The van der Waals surface area contributed by atoms with Gasteiger partial charge in [-0.1, -0.05) is 6.07 Å². The number of halogens is 1. The molecule has 0 spiro atoms. The summed E-state index contributed by atoms with van der Waals surface area (Å²) in [5.74, 6) is 0.518. The molecule has 3 aromatic rings. The lowest BCUT2D eigenvalue weighted by Crippen LogP contribution is -2.57. The van der Waals surface area contributed by atoms with Gasteiger partial charge >= 0.3 is 0 Å². The maximum Gasteiger partial charge on any atom is 0.253 e. The molecule has 0 aliphatic carbocycles. The molecule has 4 heterocycles. The van der Waals surface area contributed by atoms with Gasteiger partial charge < -0.3 is 14.6 Å². The molecule has 0 saturated carbocycles. The third kappa shape index (κ3) is 3.00. The molecule has 6 heteroatoms. The number of fused-ring (bicyclic) bond motifs is 4. The quantitative estimate of drug-likeness (QED) is 0.772. The summed E-state index contributed by atoms with van der Waals surface area (Å²) in [7, 11) is 0. The van der Waals surface area contributed by atoms with E-state index >= 15 is 0 Å². The van der Waals surface area contributed by atoms with Crippen molar-refractivity contribution >= 4 is 17.0 Å². The Labute approximate surface area is 156 Å². The molecule has 27 heavy (non-hydrogen) atoms. The molecule has 1 amide bonds. The molecule has 138 valence electrons. The number of carbonyl (C=O) groups is 1. The highest BCUT2D eigenvalue weighted by molar-refractivity contribution is 6.05. The van der Waals surface area contributed by atoms with E-state index < -0.39 is 0 Å². The van der Waals surface area contributed by atoms with Gasteiger partial charge in [-0.25, -0.2) is 9.37 Å². The third-order valence-electron chi connectivity index (χ3n) is 5.73. The molecule has 5 nitrogen and oxygen atoms in total. The molecule has 0 radical (unpaired) electrons. The fourth-order valence-electron chi connectivity index (χ4n) is 4.22. The topological polar surface area (TPSA) is 58.4 Å². The Hall–Kier alpha value is -2.73. The normalized spacial score (nSPS) is 24.3. The highest BCUT2D eigenvalue weighted by Gasteiger charge is 2.35. The van der Waals surface area contributed by atoms with Crippen molar-refractivity contribution in [2.45, 2.75) is 18.9 Å². The number of hydrogen-bond acceptors (Lipinski definition) is 4. The first-order chi connectivity index (χ1) is 13.2. The van der Waals surface area contributed by atoms with Crippen molar-refractivity contribution in [2.24, 2.45) is 5.92 Å². The van der Waals surface area contributed by atoms with Crippen LogP contribution in [-0.2, 0) is 0 Å². The van der Waals surface area contributed by atoms with Gasteiger partial charge in [0.25, 0.3) is 5.91 Å². The standard InChI is InChI=1S/C21H20FN3O2/c22-15-6-4-14(5-7-15)21-24-19-16(2-1-3-18(19)27-21)20(26)23-17-12-25-10-8-13(17)9-11-25/h1-7,13,17H,8-12H2,(H,23,26). The van der Waals surface area contributed by atoms with Crippen LogP contribution in [0.15, 0.2) is 46.9 Å². The number of carbonyl (C=O) groups excluding carboxylic acids is 1. The third-order valence-corrected chi connectivity index (χ3v) is 5.73. The van der Waals surface area contributed by atoms with E-state index in [1.807, 2.05) is 0 Å². The van der Waals surface area contributed by atoms with Crippen LogP contribution in [0.5, 0.6) is 0 Å². The van der Waals surface area contributed by atoms with Crippen molar-refractivity contribution in [1.82, 2.24) is 15.2 Å². The minimum absolute atomic E-state index is 0.113. The van der Waals surface area contributed by atoms with E-state index in [4.69, 9.17) is 4.42 Å². The van der Waals surface area contributed by atoms with Gasteiger partial charge in [0.15, 0.2) is 5.58 Å². The predicted octanol–water partition coefficient (Wildman–Crippen LogP) is 3.46. The van der Waals surface area contributed by atoms with Crippen LogP contribution in [-0.4, -0.2) is 41.5 Å². The number of oxazole rings is 1. The lowest BCUT2D eigenvalue weighted by Gasteiger charge is -2.44. The molecule has 3 saturated heterocycles. The van der Waals surface area contributed by atoms with Crippen LogP contribution in [0.25, 0.3) is 22.6 Å². The second kappa shape index (κ2) is 6.46. The molecule has 3 aliphatic heterocycles. The lowest BCUT2D eigenvalue weighted by molar-refractivity contribution is 0.0621. The number of hydrogen-bond donors (Lipinski definition) is 1. The second-order valence-corrected chi connectivity index (χ2v) is 7.40. The van der Waals surface area contributed by atoms with Gasteiger partial charge in [-0.15, -0.1) is 0 Å². The second-order valence-electron chi connectivity index (χ2n) is 7.40. The maximum absolute atomic E-state index is 13.2. The average molecular weight is 365 g/mol. The van der Waals surface area contributed by atoms with Crippen molar-refractivity contribution in [3.05, 3.63) is 53.8 Å². The number of rotatable bonds is 3. The summed E-state index contributed by atoms with van der Waals surface area (Å²) in [5, 5.41) is 3.20. The number of nitrogens with one attached hydrogen (secondary N) is 1. The number of amides is 1. The van der Waals surface area contributed by atoms with Gasteiger partial charge in [-0.3, -0.25) is 4.79 Å². The van der Waals surface area contributed by atoms with E-state index in [-0.39, 0.29) is 17.8 Å². The van der Waals surface area contributed by atoms with Crippen LogP contribution in [0.4, 0.5) is 4.39 Å². The van der Waals surface area contributed by atoms with Crippen molar-refractivity contribution in [1.29, 1.82) is 0 Å². The summed E-state index contributed by atoms with van der Waals surface area (Å²) in [6.07, 6.45) is 2.29. The highest BCUT2D eigenvalue weighted by Crippen LogP contribution is 2.29. The first-order valence-corrected chi connectivity index (χ1v) is 9.36. The summed E-state index contributed by atoms with van der Waals surface area (Å²) in [4.78, 5) is 19.9. The minimum Gasteiger partial charge on any atom is -0.436 e. The summed E-state index contributed by atoms with van der Waals surface area (Å²) in [6, 6.07) is 11.5. The van der Waals surface area contributed by atoms with Crippen molar-refractivity contribution < 1.29 is 13.6 Å². The molecule has 3 fully saturated rings. The lowest BCUT2D eigenvalue weighted by atomic mass is 9.84. The molecule has 6 rings (SSSR count). The molecule has 2 bridgehead atoms. The Morgan fingerprint density at radius 1 is 1.15 bits per heavy atom. The summed E-state index contributed by atoms with van der Waals surface area (Å²) in [6.45, 7) is 3.19. The van der Waals surface area contributed by atoms with E-state index in [0.29, 0.717) is 34.0 Å². The molecule has 3 aliphatic rings. The van der Waals surface area contributed by atoms with Gasteiger partial charge in [0.2, 0.25) is 5.89 Å². The van der Waals surface area contributed by atoms with Crippen LogP contribution in [0.1, 0.15) is 23.2 Å². The van der Waals surface area contributed by atoms with E-state index in [2.05, 4.69) is 15.2 Å². The molecule has 2 aromatic carbocycles. The fourth-order valence-corrected chi connectivity index (χ4v) is 4.22. The zero-order valence-electron chi connectivity index (χ0n) is 14.8. The molecular weight excluding hydrogens is 345 g/mol. The molecule has 1 aromatic heterocycles. The first-order valence-electron chi connectivity index (χ1n) is 9.36. The zero-order chi connectivity index (χ0) is 18.4. The van der Waals surface area contributed by atoms with Crippen LogP contribution in [0.2, 0.25) is 0 Å². The van der Waals surface area contributed by atoms with E-state index in [1.54, 1.807) is 30.3 Å². The number of aromatic nitrogens is 1. The van der Waals surface area contributed by atoms with E-state index in [9.17, 15) is 9.18 Å². The van der Waals surface area contributed by atoms with Crippen molar-refractivity contribution in [3.63, 3.8) is 0 Å². The van der Waals surface area contributed by atoms with Crippen LogP contribution in [0, 0.1) is 11.7 Å². The fraction of sp³-hybridized carbons (Fsp3) is 0.333. The molecule has 1 atom stereocenters. The number of para-hydroxylation sites is 1. The number of nitrogens with zero attached hydrogens (tertiary/aromatic N) is 2. The van der Waals surface area contributed by atoms with Gasteiger partial charge in [0.1, 0.15) is 11.3 Å². The Bertz CT molecular complexity index is 990. The zero-order valence-corrected chi connectivity index (χ0v) is 14.8. The Balaban J connectivity index is 1.44. The van der Waals surface area contributed by atoms with Crippen LogP contribution >= 0.6 is 0 Å². The van der Waals surface area contributed by atoms with Gasteiger partial charge in [0.05, 0.1) is 5.56 Å². The highest BCUT2D eigenvalue weighted by atomic mass is 19.1. The number of benzene rings is 2. The van der Waals surface area contributed by atoms with Gasteiger partial charge in [0, 0.05) is 18.2 Å². The molecule has 1 unspecified atom stereocenters. The van der Waals surface area contributed by atoms with Crippen molar-refractivity contribution in [3.8, 4) is 11.5 Å². The average Bonchev–Trinajstić information content (AvgIpc) is 3.13. The Morgan fingerprint density at radius 3 is 2.63 bits per heavy atom.